The number of benzene rings is 1. The maximum atomic E-state index is 13.1. The highest BCUT2D eigenvalue weighted by atomic mass is 32.2. The zero-order valence-corrected chi connectivity index (χ0v) is 24.0. The first-order valence-electron chi connectivity index (χ1n) is 13.0. The van der Waals surface area contributed by atoms with Crippen LogP contribution in [0.2, 0.25) is 0 Å². The maximum absolute atomic E-state index is 13.1. The lowest BCUT2D eigenvalue weighted by Crippen LogP contribution is -2.50. The Labute approximate surface area is 224 Å². The smallest absolute Gasteiger partial charge is 0.410 e. The number of fused-ring (bicyclic) bond motifs is 2. The van der Waals surface area contributed by atoms with E-state index in [0.29, 0.717) is 43.7 Å². The Morgan fingerprint density at radius 2 is 1.81 bits per heavy atom. The Balaban J connectivity index is 1.44. The Morgan fingerprint density at radius 3 is 2.41 bits per heavy atom. The highest BCUT2D eigenvalue weighted by Gasteiger charge is 2.45. The minimum Gasteiger partial charge on any atom is -0.444 e. The molecule has 1 fully saturated rings. The van der Waals surface area contributed by atoms with Crippen LogP contribution in [0, 0.1) is 0 Å². The number of sulfone groups is 1. The summed E-state index contributed by atoms with van der Waals surface area (Å²) in [6, 6.07) is 8.85. The number of rotatable bonds is 6. The lowest BCUT2D eigenvalue weighted by atomic mass is 9.84. The van der Waals surface area contributed by atoms with Gasteiger partial charge < -0.3 is 14.4 Å². The van der Waals surface area contributed by atoms with Gasteiger partial charge in [0.05, 0.1) is 21.6 Å². The third-order valence-electron chi connectivity index (χ3n) is 6.96. The van der Waals surface area contributed by atoms with Gasteiger partial charge in [0.15, 0.2) is 15.6 Å². The van der Waals surface area contributed by atoms with Crippen molar-refractivity contribution in [3.63, 3.8) is 0 Å². The van der Waals surface area contributed by atoms with Crippen molar-refractivity contribution in [2.45, 2.75) is 88.9 Å². The molecule has 1 amide bonds. The molecule has 2 aliphatic heterocycles. The van der Waals surface area contributed by atoms with Crippen molar-refractivity contribution in [3.8, 4) is 0 Å². The first-order chi connectivity index (χ1) is 17.3. The highest BCUT2D eigenvalue weighted by molar-refractivity contribution is 7.91. The van der Waals surface area contributed by atoms with Crippen LogP contribution in [0.15, 0.2) is 35.2 Å². The molecule has 1 atom stereocenters. The third-order valence-corrected chi connectivity index (χ3v) is 10.1. The van der Waals surface area contributed by atoms with Crippen molar-refractivity contribution in [2.75, 3.05) is 18.8 Å². The largest absolute Gasteiger partial charge is 0.444 e. The van der Waals surface area contributed by atoms with E-state index in [1.54, 1.807) is 36.1 Å². The molecule has 9 heteroatoms. The van der Waals surface area contributed by atoms with E-state index in [2.05, 4.69) is 6.92 Å². The lowest BCUT2D eigenvalue weighted by Gasteiger charge is -2.45. The van der Waals surface area contributed by atoms with E-state index in [1.807, 2.05) is 26.8 Å². The molecule has 37 heavy (non-hydrogen) atoms. The molecule has 4 rings (SSSR count). The van der Waals surface area contributed by atoms with Crippen LogP contribution in [0.1, 0.15) is 79.6 Å². The predicted molar refractivity (Wildman–Crippen MR) is 144 cm³/mol. The number of aryl methyl sites for hydroxylation is 1. The molecule has 0 unspecified atom stereocenters. The zero-order chi connectivity index (χ0) is 27.0. The van der Waals surface area contributed by atoms with Gasteiger partial charge in [-0.15, -0.1) is 11.3 Å². The predicted octanol–water partition coefficient (Wildman–Crippen LogP) is 5.54. The summed E-state index contributed by atoms with van der Waals surface area (Å²) in [5, 5.41) is 0. The maximum Gasteiger partial charge on any atom is 0.410 e. The SMILES string of the molecule is CCS(=O)(=O)c1ccc(CCC(=O)c2cc3c(s2)C2(CCN(C(=O)OC(C)(C)C)CC2)O[C@@H](C)C3)cc1. The number of nitrogens with zero attached hydrogens (tertiary/aromatic N) is 1. The fourth-order valence-corrected chi connectivity index (χ4v) is 7.26. The number of piperidine rings is 1. The molecule has 202 valence electrons. The van der Waals surface area contributed by atoms with Crippen molar-refractivity contribution in [1.29, 1.82) is 0 Å². The van der Waals surface area contributed by atoms with E-state index >= 15 is 0 Å². The first-order valence-corrected chi connectivity index (χ1v) is 15.4. The van der Waals surface area contributed by atoms with Crippen LogP contribution in [0.25, 0.3) is 0 Å². The van der Waals surface area contributed by atoms with Crippen LogP contribution in [0.3, 0.4) is 0 Å². The van der Waals surface area contributed by atoms with Crippen LogP contribution in [-0.2, 0) is 37.8 Å². The summed E-state index contributed by atoms with van der Waals surface area (Å²) in [6.45, 7) is 10.4. The van der Waals surface area contributed by atoms with Gasteiger partial charge in [-0.3, -0.25) is 4.79 Å². The van der Waals surface area contributed by atoms with Crippen LogP contribution >= 0.6 is 11.3 Å². The van der Waals surface area contributed by atoms with Crippen molar-refractivity contribution in [3.05, 3.63) is 51.2 Å². The number of amides is 1. The minimum absolute atomic E-state index is 0.0380. The molecule has 3 heterocycles. The number of hydrogen-bond acceptors (Lipinski definition) is 7. The average molecular weight is 548 g/mol. The second-order valence-corrected chi connectivity index (χ2v) is 14.4. The quantitative estimate of drug-likeness (QED) is 0.441. The molecule has 0 aliphatic carbocycles. The number of carbonyl (C=O) groups excluding carboxylic acids is 2. The van der Waals surface area contributed by atoms with Gasteiger partial charge in [0.1, 0.15) is 11.2 Å². The summed E-state index contributed by atoms with van der Waals surface area (Å²) < 4.78 is 36.1. The molecular weight excluding hydrogens is 510 g/mol. The van der Waals surface area contributed by atoms with Gasteiger partial charge in [-0.2, -0.15) is 0 Å². The van der Waals surface area contributed by atoms with Crippen LogP contribution in [-0.4, -0.2) is 55.7 Å². The van der Waals surface area contributed by atoms with E-state index in [-0.39, 0.29) is 23.7 Å². The lowest BCUT2D eigenvalue weighted by molar-refractivity contribution is -0.129. The molecule has 0 N–H and O–H groups in total. The van der Waals surface area contributed by atoms with Crippen molar-refractivity contribution >= 4 is 33.1 Å². The van der Waals surface area contributed by atoms with Crippen molar-refractivity contribution in [2.24, 2.45) is 0 Å². The van der Waals surface area contributed by atoms with Crippen molar-refractivity contribution in [1.82, 2.24) is 4.90 Å². The summed E-state index contributed by atoms with van der Waals surface area (Å²) >= 11 is 1.53. The standard InChI is InChI=1S/C28H37NO6S2/c1-6-37(32,33)22-10-7-20(8-11-22)9-12-23(30)24-18-21-17-19(2)34-28(25(21)36-24)13-15-29(16-14-28)26(31)35-27(3,4)5/h7-8,10-11,18-19H,6,9,12-17H2,1-5H3/t19-/m0/s1. The molecule has 7 nitrogen and oxygen atoms in total. The summed E-state index contributed by atoms with van der Waals surface area (Å²) in [5.41, 5.74) is 1.10. The van der Waals surface area contributed by atoms with Gasteiger partial charge in [-0.25, -0.2) is 13.2 Å². The monoisotopic (exact) mass is 547 g/mol. The average Bonchev–Trinajstić information content (AvgIpc) is 3.27. The molecular formula is C28H37NO6S2. The zero-order valence-electron chi connectivity index (χ0n) is 22.3. The van der Waals surface area contributed by atoms with E-state index in [1.165, 1.54) is 16.9 Å². The molecule has 2 aromatic rings. The van der Waals surface area contributed by atoms with Gasteiger partial charge in [0.2, 0.25) is 0 Å². The Morgan fingerprint density at radius 1 is 1.16 bits per heavy atom. The highest BCUT2D eigenvalue weighted by Crippen LogP contribution is 2.47. The summed E-state index contributed by atoms with van der Waals surface area (Å²) in [6.07, 6.45) is 2.76. The normalized spacial score (nSPS) is 19.5. The molecule has 2 aliphatic rings. The number of ether oxygens (including phenoxy) is 2. The second kappa shape index (κ2) is 10.5. The Kier molecular flexibility index (Phi) is 7.89. The van der Waals surface area contributed by atoms with E-state index in [4.69, 9.17) is 9.47 Å². The van der Waals surface area contributed by atoms with Gasteiger partial charge in [0.25, 0.3) is 0 Å². The third kappa shape index (κ3) is 6.26. The van der Waals surface area contributed by atoms with Gasteiger partial charge in [-0.1, -0.05) is 19.1 Å². The first kappa shape index (κ1) is 27.8. The van der Waals surface area contributed by atoms with E-state index in [0.717, 1.165) is 21.7 Å². The Hall–Kier alpha value is -2.23. The number of carbonyl (C=O) groups is 2. The number of hydrogen-bond donors (Lipinski definition) is 0. The number of ketones is 1. The number of Topliss-reactive ketones (excluding diaryl/α,β-unsaturated/α-hetero) is 1. The molecule has 1 aromatic carbocycles. The van der Waals surface area contributed by atoms with E-state index in [9.17, 15) is 18.0 Å². The van der Waals surface area contributed by atoms with Gasteiger partial charge in [0, 0.05) is 24.4 Å². The topological polar surface area (TPSA) is 90.0 Å². The molecule has 1 spiro atoms. The Bertz CT molecular complexity index is 1250. The van der Waals surface area contributed by atoms with Gasteiger partial charge in [-0.05, 0) is 82.7 Å². The number of likely N-dealkylation sites (tertiary alicyclic amines) is 1. The molecule has 0 saturated carbocycles. The summed E-state index contributed by atoms with van der Waals surface area (Å²) in [5.74, 6) is 0.148. The van der Waals surface area contributed by atoms with Crippen molar-refractivity contribution < 1.29 is 27.5 Å². The van der Waals surface area contributed by atoms with Crippen LogP contribution < -0.4 is 0 Å². The molecule has 1 aromatic heterocycles. The molecule has 1 saturated heterocycles. The van der Waals surface area contributed by atoms with Crippen LogP contribution in [0.5, 0.6) is 0 Å². The summed E-state index contributed by atoms with van der Waals surface area (Å²) in [4.78, 5) is 29.6. The second-order valence-electron chi connectivity index (χ2n) is 11.0. The van der Waals surface area contributed by atoms with E-state index < -0.39 is 21.0 Å². The fraction of sp³-hybridized carbons (Fsp3) is 0.571. The minimum atomic E-state index is -3.23. The number of thiophene rings is 1. The molecule has 0 bridgehead atoms. The van der Waals surface area contributed by atoms with Crippen LogP contribution in [0.4, 0.5) is 4.79 Å². The summed E-state index contributed by atoms with van der Waals surface area (Å²) in [7, 11) is -3.23. The fourth-order valence-electron chi connectivity index (χ4n) is 5.03. The van der Waals surface area contributed by atoms with Gasteiger partial charge >= 0.3 is 6.09 Å². The molecule has 0 radical (unpaired) electrons.